The normalized spacial score (nSPS) is 10.5. The van der Waals surface area contributed by atoms with Crippen LogP contribution in [0.2, 0.25) is 0 Å². The van der Waals surface area contributed by atoms with Gasteiger partial charge in [-0.2, -0.15) is 5.10 Å². The maximum atomic E-state index is 10.7. The van der Waals surface area contributed by atoms with Gasteiger partial charge in [-0.3, -0.25) is 0 Å². The summed E-state index contributed by atoms with van der Waals surface area (Å²) >= 11 is 3.39. The molecule has 0 aliphatic rings. The predicted molar refractivity (Wildman–Crippen MR) is 67.9 cm³/mol. The van der Waals surface area contributed by atoms with Crippen LogP contribution >= 0.6 is 15.9 Å². The van der Waals surface area contributed by atoms with Gasteiger partial charge in [-0.15, -0.1) is 0 Å². The zero-order valence-corrected chi connectivity index (χ0v) is 10.8. The van der Waals surface area contributed by atoms with Crippen LogP contribution in [0.4, 0.5) is 0 Å². The number of hydrogen-bond donors (Lipinski definition) is 1. The number of nitrogens with zero attached hydrogens (tertiary/aromatic N) is 2. The fraction of sp³-hybridized carbons (Fsp3) is 0.167. The zero-order chi connectivity index (χ0) is 12.4. The van der Waals surface area contributed by atoms with Crippen LogP contribution in [0.5, 0.6) is 0 Å². The third kappa shape index (κ3) is 2.39. The maximum Gasteiger partial charge on any atom is 0.335 e. The van der Waals surface area contributed by atoms with Gasteiger partial charge in [-0.1, -0.05) is 15.9 Å². The Labute approximate surface area is 107 Å². The third-order valence-electron chi connectivity index (χ3n) is 2.52. The molecule has 5 heteroatoms. The number of carboxylic acids is 1. The van der Waals surface area contributed by atoms with Crippen molar-refractivity contribution in [1.29, 1.82) is 0 Å². The molecule has 1 aromatic heterocycles. The van der Waals surface area contributed by atoms with E-state index >= 15 is 0 Å². The van der Waals surface area contributed by atoms with Crippen molar-refractivity contribution in [3.05, 3.63) is 47.3 Å². The second kappa shape index (κ2) is 4.71. The van der Waals surface area contributed by atoms with Crippen LogP contribution in [0.25, 0.3) is 5.69 Å². The van der Waals surface area contributed by atoms with E-state index in [0.717, 1.165) is 22.3 Å². The van der Waals surface area contributed by atoms with Gasteiger partial charge in [-0.25, -0.2) is 9.48 Å². The van der Waals surface area contributed by atoms with Crippen LogP contribution < -0.4 is 0 Å². The van der Waals surface area contributed by atoms with Gasteiger partial charge < -0.3 is 5.11 Å². The summed E-state index contributed by atoms with van der Waals surface area (Å²) in [7, 11) is 0. The molecule has 2 rings (SSSR count). The van der Waals surface area contributed by atoms with Crippen LogP contribution in [0.3, 0.4) is 0 Å². The Bertz CT molecular complexity index is 546. The van der Waals surface area contributed by atoms with Crippen molar-refractivity contribution in [2.24, 2.45) is 0 Å². The van der Waals surface area contributed by atoms with E-state index in [1.54, 1.807) is 28.9 Å². The number of benzene rings is 1. The molecule has 0 saturated heterocycles. The second-order valence-electron chi connectivity index (χ2n) is 3.67. The van der Waals surface area contributed by atoms with E-state index in [4.69, 9.17) is 5.11 Å². The summed E-state index contributed by atoms with van der Waals surface area (Å²) in [6, 6.07) is 6.63. The quantitative estimate of drug-likeness (QED) is 0.886. The third-order valence-corrected chi connectivity index (χ3v) is 3.13. The summed E-state index contributed by atoms with van der Waals surface area (Å²) in [5.74, 6) is -0.922. The van der Waals surface area contributed by atoms with Crippen LogP contribution in [-0.4, -0.2) is 20.9 Å². The SMILES string of the molecule is Cc1nn(-c2ccc(C(=O)O)cc2)cc1CBr. The van der Waals surface area contributed by atoms with Crippen LogP contribution in [0.15, 0.2) is 30.5 Å². The van der Waals surface area contributed by atoms with Crippen LogP contribution in [0.1, 0.15) is 21.6 Å². The fourth-order valence-electron chi connectivity index (χ4n) is 1.52. The molecule has 17 heavy (non-hydrogen) atoms. The minimum Gasteiger partial charge on any atom is -0.478 e. The Morgan fingerprint density at radius 3 is 2.53 bits per heavy atom. The molecule has 0 saturated carbocycles. The highest BCUT2D eigenvalue weighted by Gasteiger charge is 2.06. The fourth-order valence-corrected chi connectivity index (χ4v) is 2.07. The molecule has 0 unspecified atom stereocenters. The van der Waals surface area contributed by atoms with Crippen molar-refractivity contribution in [2.45, 2.75) is 12.3 Å². The predicted octanol–water partition coefficient (Wildman–Crippen LogP) is 2.77. The van der Waals surface area contributed by atoms with Crippen molar-refractivity contribution in [2.75, 3.05) is 0 Å². The first-order valence-corrected chi connectivity index (χ1v) is 6.19. The van der Waals surface area contributed by atoms with Crippen molar-refractivity contribution in [1.82, 2.24) is 9.78 Å². The number of carboxylic acid groups (broad SMARTS) is 1. The lowest BCUT2D eigenvalue weighted by atomic mass is 10.2. The number of carbonyl (C=O) groups is 1. The minimum absolute atomic E-state index is 0.276. The average molecular weight is 295 g/mol. The molecular weight excluding hydrogens is 284 g/mol. The first-order chi connectivity index (χ1) is 8.11. The number of aromatic nitrogens is 2. The van der Waals surface area contributed by atoms with E-state index in [0.29, 0.717) is 0 Å². The monoisotopic (exact) mass is 294 g/mol. The van der Waals surface area contributed by atoms with Crippen LogP contribution in [-0.2, 0) is 5.33 Å². The van der Waals surface area contributed by atoms with E-state index in [9.17, 15) is 4.79 Å². The molecule has 1 heterocycles. The number of hydrogen-bond acceptors (Lipinski definition) is 2. The minimum atomic E-state index is -0.922. The molecule has 1 aromatic carbocycles. The topological polar surface area (TPSA) is 55.1 Å². The number of aryl methyl sites for hydroxylation is 1. The van der Waals surface area contributed by atoms with Crippen molar-refractivity contribution in [3.8, 4) is 5.69 Å². The molecule has 2 aromatic rings. The summed E-state index contributed by atoms with van der Waals surface area (Å²) in [6.45, 7) is 1.94. The van der Waals surface area contributed by atoms with Crippen molar-refractivity contribution >= 4 is 21.9 Å². The van der Waals surface area contributed by atoms with E-state index in [1.165, 1.54) is 0 Å². The molecule has 1 N–H and O–H groups in total. The van der Waals surface area contributed by atoms with Gasteiger partial charge in [0, 0.05) is 17.1 Å². The van der Waals surface area contributed by atoms with Gasteiger partial charge in [0.25, 0.3) is 0 Å². The van der Waals surface area contributed by atoms with Gasteiger partial charge in [0.05, 0.1) is 16.9 Å². The summed E-state index contributed by atoms with van der Waals surface area (Å²) < 4.78 is 1.75. The highest BCUT2D eigenvalue weighted by Crippen LogP contribution is 2.15. The Balaban J connectivity index is 2.36. The first kappa shape index (κ1) is 11.9. The molecular formula is C12H11BrN2O2. The molecule has 0 aliphatic carbocycles. The number of alkyl halides is 1. The first-order valence-electron chi connectivity index (χ1n) is 5.06. The Hall–Kier alpha value is -1.62. The van der Waals surface area contributed by atoms with Gasteiger partial charge >= 0.3 is 5.97 Å². The van der Waals surface area contributed by atoms with Gasteiger partial charge in [0.1, 0.15) is 0 Å². The standard InChI is InChI=1S/C12H11BrN2O2/c1-8-10(6-13)7-15(14-8)11-4-2-9(3-5-11)12(16)17/h2-5,7H,6H2,1H3,(H,16,17). The Morgan fingerprint density at radius 2 is 2.06 bits per heavy atom. The van der Waals surface area contributed by atoms with Crippen molar-refractivity contribution < 1.29 is 9.90 Å². The lowest BCUT2D eigenvalue weighted by molar-refractivity contribution is 0.0697. The summed E-state index contributed by atoms with van der Waals surface area (Å²) in [6.07, 6.45) is 1.93. The highest BCUT2D eigenvalue weighted by molar-refractivity contribution is 9.08. The molecule has 88 valence electrons. The lowest BCUT2D eigenvalue weighted by Gasteiger charge is -2.01. The summed E-state index contributed by atoms with van der Waals surface area (Å²) in [4.78, 5) is 10.7. The zero-order valence-electron chi connectivity index (χ0n) is 9.22. The number of aromatic carboxylic acids is 1. The largest absolute Gasteiger partial charge is 0.478 e. The van der Waals surface area contributed by atoms with Crippen molar-refractivity contribution in [3.63, 3.8) is 0 Å². The molecule has 0 atom stereocenters. The van der Waals surface area contributed by atoms with E-state index in [1.807, 2.05) is 13.1 Å². The number of rotatable bonds is 3. The molecule has 0 radical (unpaired) electrons. The van der Waals surface area contributed by atoms with Gasteiger partial charge in [-0.05, 0) is 31.2 Å². The van der Waals surface area contributed by atoms with E-state index < -0.39 is 5.97 Å². The lowest BCUT2D eigenvalue weighted by Crippen LogP contribution is -1.98. The molecule has 0 bridgehead atoms. The molecule has 0 aliphatic heterocycles. The molecule has 0 amide bonds. The smallest absolute Gasteiger partial charge is 0.335 e. The molecule has 4 nitrogen and oxygen atoms in total. The van der Waals surface area contributed by atoms with Gasteiger partial charge in [0.15, 0.2) is 0 Å². The average Bonchev–Trinajstić information content (AvgIpc) is 2.70. The number of halogens is 1. The maximum absolute atomic E-state index is 10.7. The summed E-state index contributed by atoms with van der Waals surface area (Å²) in [5.41, 5.74) is 3.21. The van der Waals surface area contributed by atoms with Gasteiger partial charge in [0.2, 0.25) is 0 Å². The summed E-state index contributed by atoms with van der Waals surface area (Å²) in [5, 5.41) is 13.9. The second-order valence-corrected chi connectivity index (χ2v) is 4.23. The Kier molecular flexibility index (Phi) is 3.28. The molecule has 0 spiro atoms. The highest BCUT2D eigenvalue weighted by atomic mass is 79.9. The Morgan fingerprint density at radius 1 is 1.41 bits per heavy atom. The van der Waals surface area contributed by atoms with E-state index in [-0.39, 0.29) is 5.56 Å². The molecule has 0 fully saturated rings. The van der Waals surface area contributed by atoms with E-state index in [2.05, 4.69) is 21.0 Å². The van der Waals surface area contributed by atoms with Crippen LogP contribution in [0, 0.1) is 6.92 Å².